The molecule has 0 amide bonds. The highest BCUT2D eigenvalue weighted by Crippen LogP contribution is 2.13. The van der Waals surface area contributed by atoms with Gasteiger partial charge in [-0.15, -0.1) is 6.58 Å². The average Bonchev–Trinajstić information content (AvgIpc) is 2.50. The van der Waals surface area contributed by atoms with Gasteiger partial charge in [0, 0.05) is 6.20 Å². The molecule has 0 spiro atoms. The van der Waals surface area contributed by atoms with Crippen molar-refractivity contribution in [3.63, 3.8) is 0 Å². The Morgan fingerprint density at radius 3 is 3.09 bits per heavy atom. The van der Waals surface area contributed by atoms with Crippen LogP contribution < -0.4 is 5.73 Å². The molecule has 0 aliphatic carbocycles. The van der Waals surface area contributed by atoms with Crippen molar-refractivity contribution in [1.29, 1.82) is 5.26 Å². The summed E-state index contributed by atoms with van der Waals surface area (Å²) in [6, 6.07) is 3.45. The molecule has 3 heteroatoms. The predicted octanol–water partition coefficient (Wildman–Crippen LogP) is 1.07. The average molecular weight is 147 g/mol. The minimum atomic E-state index is -0.278. The third-order valence-electron chi connectivity index (χ3n) is 1.49. The fourth-order valence-corrected chi connectivity index (χ4v) is 0.873. The van der Waals surface area contributed by atoms with Crippen molar-refractivity contribution in [3.8, 4) is 6.07 Å². The molecule has 1 rings (SSSR count). The van der Waals surface area contributed by atoms with E-state index < -0.39 is 0 Å². The first-order valence-electron chi connectivity index (χ1n) is 3.25. The summed E-state index contributed by atoms with van der Waals surface area (Å²) in [5, 5.41) is 8.59. The van der Waals surface area contributed by atoms with Crippen LogP contribution in [0.25, 0.3) is 0 Å². The Hall–Kier alpha value is -1.53. The molecule has 0 aliphatic rings. The maximum atomic E-state index is 8.59. The van der Waals surface area contributed by atoms with Crippen LogP contribution in [0.1, 0.15) is 17.3 Å². The van der Waals surface area contributed by atoms with E-state index in [1.54, 1.807) is 18.3 Å². The van der Waals surface area contributed by atoms with Crippen molar-refractivity contribution in [2.75, 3.05) is 0 Å². The molecule has 0 saturated carbocycles. The van der Waals surface area contributed by atoms with Gasteiger partial charge in [0.1, 0.15) is 6.07 Å². The van der Waals surface area contributed by atoms with E-state index in [2.05, 4.69) is 11.6 Å². The predicted molar refractivity (Wildman–Crippen MR) is 42.6 cm³/mol. The van der Waals surface area contributed by atoms with Gasteiger partial charge in [0.05, 0.1) is 17.3 Å². The molecule has 0 aliphatic heterocycles. The summed E-state index contributed by atoms with van der Waals surface area (Å²) in [6.45, 7) is 3.54. The lowest BCUT2D eigenvalue weighted by atomic mass is 10.1. The largest absolute Gasteiger partial charge is 0.362 e. The standard InChI is InChI=1S/C8H9N3/c1-2-7(10)8-6(5-9)3-4-11-8/h2-4,7,11H,1,10H2/t7-/m0/s1. The van der Waals surface area contributed by atoms with Gasteiger partial charge in [-0.25, -0.2) is 0 Å². The number of rotatable bonds is 2. The molecule has 0 unspecified atom stereocenters. The zero-order chi connectivity index (χ0) is 8.27. The number of H-pyrrole nitrogens is 1. The van der Waals surface area contributed by atoms with E-state index in [0.717, 1.165) is 5.69 Å². The fraction of sp³-hybridized carbons (Fsp3) is 0.125. The van der Waals surface area contributed by atoms with Gasteiger partial charge in [0.2, 0.25) is 0 Å². The second kappa shape index (κ2) is 3.04. The monoisotopic (exact) mass is 147 g/mol. The Balaban J connectivity index is 3.04. The Morgan fingerprint density at radius 2 is 2.55 bits per heavy atom. The zero-order valence-corrected chi connectivity index (χ0v) is 6.04. The molecule has 1 heterocycles. The first kappa shape index (κ1) is 7.58. The maximum Gasteiger partial charge on any atom is 0.101 e. The number of hydrogen-bond donors (Lipinski definition) is 2. The summed E-state index contributed by atoms with van der Waals surface area (Å²) >= 11 is 0. The SMILES string of the molecule is C=C[C@H](N)c1[nH]ccc1C#N. The molecule has 0 aromatic carbocycles. The van der Waals surface area contributed by atoms with Gasteiger partial charge in [-0.3, -0.25) is 0 Å². The van der Waals surface area contributed by atoms with E-state index >= 15 is 0 Å². The van der Waals surface area contributed by atoms with Crippen molar-refractivity contribution in [2.24, 2.45) is 5.73 Å². The highest BCUT2D eigenvalue weighted by Gasteiger charge is 2.07. The molecule has 1 aromatic heterocycles. The number of nitrogens with one attached hydrogen (secondary N) is 1. The van der Waals surface area contributed by atoms with Crippen LogP contribution in [0.4, 0.5) is 0 Å². The van der Waals surface area contributed by atoms with Gasteiger partial charge >= 0.3 is 0 Å². The van der Waals surface area contributed by atoms with Crippen LogP contribution in [0.3, 0.4) is 0 Å². The first-order chi connectivity index (χ1) is 5.29. The van der Waals surface area contributed by atoms with Crippen molar-refractivity contribution in [2.45, 2.75) is 6.04 Å². The van der Waals surface area contributed by atoms with E-state index in [1.165, 1.54) is 0 Å². The van der Waals surface area contributed by atoms with E-state index in [1.807, 2.05) is 6.07 Å². The van der Waals surface area contributed by atoms with E-state index in [-0.39, 0.29) is 6.04 Å². The fourth-order valence-electron chi connectivity index (χ4n) is 0.873. The minimum Gasteiger partial charge on any atom is -0.362 e. The summed E-state index contributed by atoms with van der Waals surface area (Å²) < 4.78 is 0. The lowest BCUT2D eigenvalue weighted by Crippen LogP contribution is -2.08. The normalized spacial score (nSPS) is 12.0. The molecule has 1 aromatic rings. The topological polar surface area (TPSA) is 65.6 Å². The van der Waals surface area contributed by atoms with Crippen LogP contribution >= 0.6 is 0 Å². The van der Waals surface area contributed by atoms with Crippen LogP contribution in [0, 0.1) is 11.3 Å². The Kier molecular flexibility index (Phi) is 2.09. The number of aromatic nitrogens is 1. The van der Waals surface area contributed by atoms with Gasteiger partial charge in [-0.05, 0) is 6.07 Å². The number of hydrogen-bond acceptors (Lipinski definition) is 2. The summed E-state index contributed by atoms with van der Waals surface area (Å²) in [4.78, 5) is 2.89. The van der Waals surface area contributed by atoms with Crippen molar-refractivity contribution in [1.82, 2.24) is 4.98 Å². The Morgan fingerprint density at radius 1 is 1.82 bits per heavy atom. The third kappa shape index (κ3) is 1.31. The molecule has 11 heavy (non-hydrogen) atoms. The smallest absolute Gasteiger partial charge is 0.101 e. The molecule has 1 atom stereocenters. The number of nitrogens with zero attached hydrogens (tertiary/aromatic N) is 1. The third-order valence-corrected chi connectivity index (χ3v) is 1.49. The lowest BCUT2D eigenvalue weighted by Gasteiger charge is -2.02. The van der Waals surface area contributed by atoms with Gasteiger partial charge in [-0.2, -0.15) is 5.26 Å². The summed E-state index contributed by atoms with van der Waals surface area (Å²) in [5.74, 6) is 0. The molecule has 0 fully saturated rings. The van der Waals surface area contributed by atoms with E-state index in [9.17, 15) is 0 Å². The van der Waals surface area contributed by atoms with Gasteiger partial charge in [-0.1, -0.05) is 6.08 Å². The number of nitriles is 1. The van der Waals surface area contributed by atoms with Crippen molar-refractivity contribution in [3.05, 3.63) is 36.2 Å². The van der Waals surface area contributed by atoms with Gasteiger partial charge in [0.15, 0.2) is 0 Å². The van der Waals surface area contributed by atoms with Crippen molar-refractivity contribution < 1.29 is 0 Å². The molecule has 0 saturated heterocycles. The minimum absolute atomic E-state index is 0.278. The van der Waals surface area contributed by atoms with Gasteiger partial charge < -0.3 is 10.7 Å². The first-order valence-corrected chi connectivity index (χ1v) is 3.25. The second-order valence-corrected chi connectivity index (χ2v) is 2.18. The quantitative estimate of drug-likeness (QED) is 0.614. The number of aromatic amines is 1. The van der Waals surface area contributed by atoms with Crippen molar-refractivity contribution >= 4 is 0 Å². The van der Waals surface area contributed by atoms with Crippen LogP contribution in [0.5, 0.6) is 0 Å². The molecule has 3 N–H and O–H groups in total. The van der Waals surface area contributed by atoms with Gasteiger partial charge in [0.25, 0.3) is 0 Å². The molecule has 0 radical (unpaired) electrons. The summed E-state index contributed by atoms with van der Waals surface area (Å²) in [7, 11) is 0. The zero-order valence-electron chi connectivity index (χ0n) is 6.04. The summed E-state index contributed by atoms with van der Waals surface area (Å²) in [5.41, 5.74) is 6.92. The van der Waals surface area contributed by atoms with Crippen LogP contribution in [-0.4, -0.2) is 4.98 Å². The van der Waals surface area contributed by atoms with Crippen LogP contribution in [0.2, 0.25) is 0 Å². The van der Waals surface area contributed by atoms with E-state index in [4.69, 9.17) is 11.0 Å². The molecular formula is C8H9N3. The Bertz CT molecular complexity index is 293. The van der Waals surface area contributed by atoms with Crippen LogP contribution in [0.15, 0.2) is 24.9 Å². The molecular weight excluding hydrogens is 138 g/mol. The molecule has 3 nitrogen and oxygen atoms in total. The Labute approximate surface area is 65.1 Å². The number of nitrogens with two attached hydrogens (primary N) is 1. The van der Waals surface area contributed by atoms with E-state index in [0.29, 0.717) is 5.56 Å². The maximum absolute atomic E-state index is 8.59. The lowest BCUT2D eigenvalue weighted by molar-refractivity contribution is 0.872. The molecule has 56 valence electrons. The highest BCUT2D eigenvalue weighted by atomic mass is 14.8. The van der Waals surface area contributed by atoms with Crippen LogP contribution in [-0.2, 0) is 0 Å². The highest BCUT2D eigenvalue weighted by molar-refractivity contribution is 5.36. The molecule has 0 bridgehead atoms. The second-order valence-electron chi connectivity index (χ2n) is 2.18. The summed E-state index contributed by atoms with van der Waals surface area (Å²) in [6.07, 6.45) is 3.28.